The van der Waals surface area contributed by atoms with Crippen LogP contribution in [0.1, 0.15) is 24.8 Å². The third-order valence-corrected chi connectivity index (χ3v) is 5.54. The lowest BCUT2D eigenvalue weighted by atomic mass is 9.76. The minimum Gasteiger partial charge on any atom is -0.469 e. The topological polar surface area (TPSA) is 62.7 Å². The van der Waals surface area contributed by atoms with Crippen LogP contribution in [0.2, 0.25) is 0 Å². The third-order valence-electron chi connectivity index (χ3n) is 5.54. The van der Waals surface area contributed by atoms with E-state index in [-0.39, 0.29) is 24.2 Å². The number of likely N-dealkylation sites (tertiary alicyclic amines) is 2. The molecule has 1 atom stereocenters. The van der Waals surface area contributed by atoms with Crippen LogP contribution in [-0.2, 0) is 20.9 Å². The van der Waals surface area contributed by atoms with Gasteiger partial charge in [-0.3, -0.25) is 19.5 Å². The van der Waals surface area contributed by atoms with Crippen molar-refractivity contribution in [2.45, 2.75) is 31.3 Å². The molecular formula is C19H25N3O3. The fraction of sp³-hybridized carbons (Fsp3) is 0.526. The molecule has 0 N–H and O–H groups in total. The van der Waals surface area contributed by atoms with Gasteiger partial charge in [0.15, 0.2) is 0 Å². The van der Waals surface area contributed by atoms with Gasteiger partial charge >= 0.3 is 5.97 Å². The summed E-state index contributed by atoms with van der Waals surface area (Å²) < 4.78 is 4.99. The maximum Gasteiger partial charge on any atom is 0.311 e. The predicted molar refractivity (Wildman–Crippen MR) is 93.5 cm³/mol. The number of ether oxygens (including phenoxy) is 1. The molecule has 6 nitrogen and oxygen atoms in total. The molecule has 3 heterocycles. The summed E-state index contributed by atoms with van der Waals surface area (Å²) in [6.07, 6.45) is 7.13. The Morgan fingerprint density at radius 3 is 2.68 bits per heavy atom. The van der Waals surface area contributed by atoms with Gasteiger partial charge in [-0.05, 0) is 30.5 Å². The number of piperidine rings is 1. The van der Waals surface area contributed by atoms with Crippen LogP contribution >= 0.6 is 0 Å². The van der Waals surface area contributed by atoms with Gasteiger partial charge in [0.2, 0.25) is 5.91 Å². The van der Waals surface area contributed by atoms with E-state index >= 15 is 0 Å². The van der Waals surface area contributed by atoms with Gasteiger partial charge in [0, 0.05) is 45.0 Å². The molecule has 0 saturated carbocycles. The Hall–Kier alpha value is -2.21. The molecule has 0 aromatic carbocycles. The van der Waals surface area contributed by atoms with Crippen molar-refractivity contribution in [3.05, 3.63) is 42.7 Å². The average molecular weight is 343 g/mol. The lowest BCUT2D eigenvalue weighted by molar-refractivity contribution is -0.150. The van der Waals surface area contributed by atoms with Crippen LogP contribution in [0.4, 0.5) is 0 Å². The van der Waals surface area contributed by atoms with E-state index in [2.05, 4.69) is 16.5 Å². The number of carbonyl (C=O) groups excluding carboxylic acids is 2. The summed E-state index contributed by atoms with van der Waals surface area (Å²) in [5.74, 6) is -0.631. The van der Waals surface area contributed by atoms with E-state index in [1.807, 2.05) is 17.0 Å². The van der Waals surface area contributed by atoms with Crippen LogP contribution in [-0.4, -0.2) is 58.9 Å². The Labute approximate surface area is 148 Å². The number of hydrogen-bond donors (Lipinski definition) is 0. The van der Waals surface area contributed by atoms with Crippen LogP contribution in [0.3, 0.4) is 0 Å². The molecule has 0 aliphatic carbocycles. The molecule has 1 amide bonds. The number of nitrogens with zero attached hydrogens (tertiary/aromatic N) is 3. The van der Waals surface area contributed by atoms with Crippen molar-refractivity contribution in [2.75, 3.05) is 26.7 Å². The molecule has 2 fully saturated rings. The maximum absolute atomic E-state index is 12.5. The molecule has 2 saturated heterocycles. The highest BCUT2D eigenvalue weighted by Gasteiger charge is 2.56. The molecule has 0 bridgehead atoms. The van der Waals surface area contributed by atoms with Crippen LogP contribution in [0.25, 0.3) is 0 Å². The van der Waals surface area contributed by atoms with Gasteiger partial charge in [0.25, 0.3) is 0 Å². The standard InChI is InChI=1S/C19H25N3O3/c1-3-10-22-17(23)13-16(18(24)25-2)19(22)6-11-21(12-7-19)14-15-4-8-20-9-5-15/h3-5,8-9,16H,1,6-7,10-14H2,2H3. The van der Waals surface area contributed by atoms with Crippen LogP contribution in [0.5, 0.6) is 0 Å². The monoisotopic (exact) mass is 343 g/mol. The second-order valence-electron chi connectivity index (χ2n) is 6.81. The molecule has 1 spiro atoms. The van der Waals surface area contributed by atoms with E-state index in [9.17, 15) is 9.59 Å². The minimum absolute atomic E-state index is 0.0258. The fourth-order valence-corrected chi connectivity index (χ4v) is 4.23. The summed E-state index contributed by atoms with van der Waals surface area (Å²) in [6, 6.07) is 4.04. The van der Waals surface area contributed by atoms with Gasteiger partial charge in [-0.1, -0.05) is 6.08 Å². The van der Waals surface area contributed by atoms with E-state index < -0.39 is 5.54 Å². The summed E-state index contributed by atoms with van der Waals surface area (Å²) in [6.45, 7) is 6.80. The van der Waals surface area contributed by atoms with Gasteiger partial charge in [0.1, 0.15) is 0 Å². The number of rotatable bonds is 5. The molecule has 2 aliphatic rings. The zero-order valence-electron chi connectivity index (χ0n) is 14.7. The van der Waals surface area contributed by atoms with Crippen molar-refractivity contribution in [3.8, 4) is 0 Å². The number of carbonyl (C=O) groups is 2. The number of hydrogen-bond acceptors (Lipinski definition) is 5. The summed E-state index contributed by atoms with van der Waals surface area (Å²) >= 11 is 0. The van der Waals surface area contributed by atoms with Crippen molar-refractivity contribution in [3.63, 3.8) is 0 Å². The second kappa shape index (κ2) is 7.35. The molecule has 2 aliphatic heterocycles. The first kappa shape index (κ1) is 17.6. The Kier molecular flexibility index (Phi) is 5.18. The molecule has 6 heteroatoms. The number of pyridine rings is 1. The van der Waals surface area contributed by atoms with Crippen molar-refractivity contribution in [1.82, 2.24) is 14.8 Å². The zero-order chi connectivity index (χ0) is 17.9. The van der Waals surface area contributed by atoms with Crippen molar-refractivity contribution in [1.29, 1.82) is 0 Å². The lowest BCUT2D eigenvalue weighted by Crippen LogP contribution is -2.57. The molecule has 1 aromatic heterocycles. The first-order valence-electron chi connectivity index (χ1n) is 8.71. The van der Waals surface area contributed by atoms with Gasteiger partial charge < -0.3 is 9.64 Å². The van der Waals surface area contributed by atoms with Crippen LogP contribution in [0.15, 0.2) is 37.2 Å². The predicted octanol–water partition coefficient (Wildman–Crippen LogP) is 1.62. The van der Waals surface area contributed by atoms with Crippen LogP contribution in [0, 0.1) is 5.92 Å². The highest BCUT2D eigenvalue weighted by molar-refractivity contribution is 5.89. The number of esters is 1. The largest absolute Gasteiger partial charge is 0.469 e. The number of amides is 1. The molecule has 0 radical (unpaired) electrons. The quantitative estimate of drug-likeness (QED) is 0.601. The smallest absolute Gasteiger partial charge is 0.311 e. The zero-order valence-corrected chi connectivity index (χ0v) is 14.7. The van der Waals surface area contributed by atoms with E-state index in [4.69, 9.17) is 4.74 Å². The summed E-state index contributed by atoms with van der Waals surface area (Å²) in [5.41, 5.74) is 0.786. The molecule has 1 aromatic rings. The first-order valence-corrected chi connectivity index (χ1v) is 8.71. The van der Waals surface area contributed by atoms with E-state index in [0.29, 0.717) is 6.54 Å². The third kappa shape index (κ3) is 3.31. The number of methoxy groups -OCH3 is 1. The van der Waals surface area contributed by atoms with E-state index in [1.165, 1.54) is 12.7 Å². The van der Waals surface area contributed by atoms with Crippen molar-refractivity contribution in [2.24, 2.45) is 5.92 Å². The highest BCUT2D eigenvalue weighted by atomic mass is 16.5. The molecule has 25 heavy (non-hydrogen) atoms. The van der Waals surface area contributed by atoms with Gasteiger partial charge in [0.05, 0.1) is 18.6 Å². The average Bonchev–Trinajstić information content (AvgIpc) is 2.90. The summed E-state index contributed by atoms with van der Waals surface area (Å²) in [7, 11) is 1.40. The van der Waals surface area contributed by atoms with Gasteiger partial charge in [-0.2, -0.15) is 0 Å². The summed E-state index contributed by atoms with van der Waals surface area (Å²) in [4.78, 5) is 33.1. The maximum atomic E-state index is 12.5. The summed E-state index contributed by atoms with van der Waals surface area (Å²) in [5, 5.41) is 0. The fourth-order valence-electron chi connectivity index (χ4n) is 4.23. The Bertz CT molecular complexity index is 639. The van der Waals surface area contributed by atoms with Crippen molar-refractivity contribution >= 4 is 11.9 Å². The van der Waals surface area contributed by atoms with Crippen molar-refractivity contribution < 1.29 is 14.3 Å². The lowest BCUT2D eigenvalue weighted by Gasteiger charge is -2.46. The molecule has 134 valence electrons. The number of aromatic nitrogens is 1. The Morgan fingerprint density at radius 1 is 1.40 bits per heavy atom. The SMILES string of the molecule is C=CCN1C(=O)CC(C(=O)OC)C12CCN(Cc1ccncc1)CC2. The van der Waals surface area contributed by atoms with E-state index in [1.54, 1.807) is 18.5 Å². The second-order valence-corrected chi connectivity index (χ2v) is 6.81. The molecule has 1 unspecified atom stereocenters. The molecule has 3 rings (SSSR count). The normalized spacial score (nSPS) is 23.0. The van der Waals surface area contributed by atoms with Gasteiger partial charge in [-0.15, -0.1) is 6.58 Å². The highest BCUT2D eigenvalue weighted by Crippen LogP contribution is 2.44. The minimum atomic E-state index is -0.437. The van der Waals surface area contributed by atoms with Crippen LogP contribution < -0.4 is 0 Å². The van der Waals surface area contributed by atoms with E-state index in [0.717, 1.165) is 32.5 Å². The Morgan fingerprint density at radius 2 is 2.08 bits per heavy atom. The molecular weight excluding hydrogens is 318 g/mol. The van der Waals surface area contributed by atoms with Gasteiger partial charge in [-0.25, -0.2) is 0 Å². The Balaban J connectivity index is 1.75. The first-order chi connectivity index (χ1) is 12.1.